The van der Waals surface area contributed by atoms with Crippen LogP contribution >= 0.6 is 0 Å². The van der Waals surface area contributed by atoms with Crippen molar-refractivity contribution < 1.29 is 17.9 Å². The van der Waals surface area contributed by atoms with Gasteiger partial charge in [-0.3, -0.25) is 9.52 Å². The van der Waals surface area contributed by atoms with Crippen LogP contribution < -0.4 is 9.46 Å². The molecular weight excluding hydrogens is 364 g/mol. The molecule has 1 aliphatic heterocycles. The number of rotatable bonds is 6. The lowest BCUT2D eigenvalue weighted by Gasteiger charge is -2.15. The molecule has 0 bridgehead atoms. The molecule has 27 heavy (non-hydrogen) atoms. The number of hydrogen-bond donors (Lipinski definition) is 1. The van der Waals surface area contributed by atoms with Gasteiger partial charge in [-0.1, -0.05) is 18.2 Å². The number of carbonyl (C=O) groups is 1. The van der Waals surface area contributed by atoms with E-state index in [9.17, 15) is 13.2 Å². The SMILES string of the molecule is COc1ccc(C)cc1S(=O)(=O)Nc1ccc(CC(=O)N2CCCC2)cc1. The Morgan fingerprint density at radius 3 is 2.41 bits per heavy atom. The molecule has 1 heterocycles. The van der Waals surface area contributed by atoms with Gasteiger partial charge in [-0.05, 0) is 55.2 Å². The highest BCUT2D eigenvalue weighted by atomic mass is 32.2. The third kappa shape index (κ3) is 4.60. The maximum atomic E-state index is 12.7. The van der Waals surface area contributed by atoms with Gasteiger partial charge in [-0.25, -0.2) is 8.42 Å². The zero-order valence-electron chi connectivity index (χ0n) is 15.6. The number of aryl methyl sites for hydroxylation is 1. The number of nitrogens with zero attached hydrogens (tertiary/aromatic N) is 1. The van der Waals surface area contributed by atoms with E-state index in [1.54, 1.807) is 42.5 Å². The van der Waals surface area contributed by atoms with Crippen molar-refractivity contribution in [2.75, 3.05) is 24.9 Å². The van der Waals surface area contributed by atoms with E-state index in [0.717, 1.165) is 37.1 Å². The molecule has 1 saturated heterocycles. The lowest BCUT2D eigenvalue weighted by atomic mass is 10.1. The van der Waals surface area contributed by atoms with Crippen molar-refractivity contribution in [3.63, 3.8) is 0 Å². The second-order valence-electron chi connectivity index (χ2n) is 6.72. The fourth-order valence-electron chi connectivity index (χ4n) is 3.15. The summed E-state index contributed by atoms with van der Waals surface area (Å²) in [7, 11) is -2.34. The van der Waals surface area contributed by atoms with E-state index < -0.39 is 10.0 Å². The highest BCUT2D eigenvalue weighted by molar-refractivity contribution is 7.92. The quantitative estimate of drug-likeness (QED) is 0.825. The lowest BCUT2D eigenvalue weighted by molar-refractivity contribution is -0.129. The van der Waals surface area contributed by atoms with Gasteiger partial charge in [-0.15, -0.1) is 0 Å². The Morgan fingerprint density at radius 1 is 1.11 bits per heavy atom. The van der Waals surface area contributed by atoms with Crippen molar-refractivity contribution in [3.8, 4) is 5.75 Å². The van der Waals surface area contributed by atoms with Gasteiger partial charge < -0.3 is 9.64 Å². The zero-order valence-corrected chi connectivity index (χ0v) is 16.4. The summed E-state index contributed by atoms with van der Waals surface area (Å²) in [5.41, 5.74) is 2.13. The maximum Gasteiger partial charge on any atom is 0.265 e. The average Bonchev–Trinajstić information content (AvgIpc) is 3.18. The molecule has 0 saturated carbocycles. The smallest absolute Gasteiger partial charge is 0.265 e. The minimum Gasteiger partial charge on any atom is -0.495 e. The molecule has 144 valence electrons. The number of amides is 1. The van der Waals surface area contributed by atoms with Crippen molar-refractivity contribution in [1.82, 2.24) is 4.90 Å². The molecule has 2 aromatic carbocycles. The number of nitrogens with one attached hydrogen (secondary N) is 1. The molecule has 3 rings (SSSR count). The van der Waals surface area contributed by atoms with Crippen molar-refractivity contribution in [1.29, 1.82) is 0 Å². The first-order valence-corrected chi connectivity index (χ1v) is 10.4. The van der Waals surface area contributed by atoms with Gasteiger partial charge in [0.15, 0.2) is 0 Å². The number of ether oxygens (including phenoxy) is 1. The van der Waals surface area contributed by atoms with Crippen LogP contribution in [0.5, 0.6) is 5.75 Å². The summed E-state index contributed by atoms with van der Waals surface area (Å²) >= 11 is 0. The van der Waals surface area contributed by atoms with Gasteiger partial charge in [0.05, 0.1) is 13.5 Å². The van der Waals surface area contributed by atoms with Gasteiger partial charge in [0.2, 0.25) is 5.91 Å². The Hall–Kier alpha value is -2.54. The fourth-order valence-corrected chi connectivity index (χ4v) is 4.46. The maximum absolute atomic E-state index is 12.7. The molecular formula is C20H24N2O4S. The average molecular weight is 388 g/mol. The number of likely N-dealkylation sites (tertiary alicyclic amines) is 1. The molecule has 0 unspecified atom stereocenters. The van der Waals surface area contributed by atoms with Gasteiger partial charge in [0.25, 0.3) is 10.0 Å². The van der Waals surface area contributed by atoms with Crippen LogP contribution in [0.2, 0.25) is 0 Å². The number of anilines is 1. The lowest BCUT2D eigenvalue weighted by Crippen LogP contribution is -2.29. The second kappa shape index (κ2) is 8.00. The molecule has 2 aromatic rings. The van der Waals surface area contributed by atoms with Crippen LogP contribution in [-0.2, 0) is 21.2 Å². The summed E-state index contributed by atoms with van der Waals surface area (Å²) < 4.78 is 33.2. The summed E-state index contributed by atoms with van der Waals surface area (Å²) in [6, 6.07) is 11.9. The van der Waals surface area contributed by atoms with E-state index in [4.69, 9.17) is 4.74 Å². The van der Waals surface area contributed by atoms with E-state index in [-0.39, 0.29) is 10.8 Å². The van der Waals surface area contributed by atoms with Gasteiger partial charge in [-0.2, -0.15) is 0 Å². The summed E-state index contributed by atoms with van der Waals surface area (Å²) in [4.78, 5) is 14.2. The van der Waals surface area contributed by atoms with Crippen molar-refractivity contribution in [2.24, 2.45) is 0 Å². The third-order valence-electron chi connectivity index (χ3n) is 4.63. The van der Waals surface area contributed by atoms with Crippen molar-refractivity contribution in [3.05, 3.63) is 53.6 Å². The van der Waals surface area contributed by atoms with Crippen LogP contribution in [-0.4, -0.2) is 39.4 Å². The Kier molecular flexibility index (Phi) is 5.70. The Bertz CT molecular complexity index is 917. The first-order chi connectivity index (χ1) is 12.9. The Labute approximate surface area is 160 Å². The van der Waals surface area contributed by atoms with E-state index in [1.165, 1.54) is 7.11 Å². The van der Waals surface area contributed by atoms with Crippen LogP contribution in [0.3, 0.4) is 0 Å². The predicted molar refractivity (Wildman–Crippen MR) is 104 cm³/mol. The number of methoxy groups -OCH3 is 1. The molecule has 1 fully saturated rings. The van der Waals surface area contributed by atoms with Crippen LogP contribution in [0.4, 0.5) is 5.69 Å². The third-order valence-corrected chi connectivity index (χ3v) is 6.03. The highest BCUT2D eigenvalue weighted by Gasteiger charge is 2.20. The van der Waals surface area contributed by atoms with Gasteiger partial charge in [0.1, 0.15) is 10.6 Å². The van der Waals surface area contributed by atoms with Gasteiger partial charge in [0, 0.05) is 18.8 Å². The molecule has 0 radical (unpaired) electrons. The van der Waals surface area contributed by atoms with Crippen molar-refractivity contribution in [2.45, 2.75) is 31.1 Å². The summed E-state index contributed by atoms with van der Waals surface area (Å²) in [5.74, 6) is 0.409. The number of carbonyl (C=O) groups excluding carboxylic acids is 1. The molecule has 0 spiro atoms. The van der Waals surface area contributed by atoms with Crippen LogP contribution in [0.1, 0.15) is 24.0 Å². The first-order valence-electron chi connectivity index (χ1n) is 8.93. The van der Waals surface area contributed by atoms with Crippen LogP contribution in [0.25, 0.3) is 0 Å². The minimum absolute atomic E-state index is 0.0956. The molecule has 1 aliphatic rings. The highest BCUT2D eigenvalue weighted by Crippen LogP contribution is 2.27. The Balaban J connectivity index is 1.72. The second-order valence-corrected chi connectivity index (χ2v) is 8.37. The van der Waals surface area contributed by atoms with E-state index in [1.807, 2.05) is 11.8 Å². The molecule has 1 N–H and O–H groups in total. The van der Waals surface area contributed by atoms with E-state index in [2.05, 4.69) is 4.72 Å². The summed E-state index contributed by atoms with van der Waals surface area (Å²) in [6.07, 6.45) is 2.46. The summed E-state index contributed by atoms with van der Waals surface area (Å²) in [5, 5.41) is 0. The summed E-state index contributed by atoms with van der Waals surface area (Å²) in [6.45, 7) is 3.48. The number of sulfonamides is 1. The van der Waals surface area contributed by atoms with Crippen molar-refractivity contribution >= 4 is 21.6 Å². The van der Waals surface area contributed by atoms with Gasteiger partial charge >= 0.3 is 0 Å². The fraction of sp³-hybridized carbons (Fsp3) is 0.350. The normalized spacial score (nSPS) is 14.2. The monoisotopic (exact) mass is 388 g/mol. The predicted octanol–water partition coefficient (Wildman–Crippen LogP) is 2.97. The minimum atomic E-state index is -3.78. The van der Waals surface area contributed by atoms with Crippen LogP contribution in [0.15, 0.2) is 47.4 Å². The standard InChI is InChI=1S/C20H24N2O4S/c1-15-5-10-18(26-2)19(13-15)27(24,25)21-17-8-6-16(7-9-17)14-20(23)22-11-3-4-12-22/h5-10,13,21H,3-4,11-12,14H2,1-2H3. The van der Waals surface area contributed by atoms with Crippen LogP contribution in [0, 0.1) is 6.92 Å². The molecule has 0 aromatic heterocycles. The molecule has 1 amide bonds. The molecule has 7 heteroatoms. The van der Waals surface area contributed by atoms with E-state index in [0.29, 0.717) is 17.9 Å². The molecule has 0 aliphatic carbocycles. The molecule has 0 atom stereocenters. The zero-order chi connectivity index (χ0) is 19.4. The molecule has 6 nitrogen and oxygen atoms in total. The number of hydrogen-bond acceptors (Lipinski definition) is 4. The van der Waals surface area contributed by atoms with E-state index >= 15 is 0 Å². The first kappa shape index (κ1) is 19.2. The Morgan fingerprint density at radius 2 is 1.78 bits per heavy atom. The topological polar surface area (TPSA) is 75.7 Å². The number of benzene rings is 2. The largest absolute Gasteiger partial charge is 0.495 e.